The third kappa shape index (κ3) is 5.88. The van der Waals surface area contributed by atoms with Gasteiger partial charge in [-0.15, -0.1) is 0 Å². The van der Waals surface area contributed by atoms with E-state index >= 15 is 0 Å². The third-order valence-corrected chi connectivity index (χ3v) is 4.01. The Labute approximate surface area is 152 Å². The molecule has 0 saturated heterocycles. The fourth-order valence-electron chi connectivity index (χ4n) is 2.53. The zero-order valence-corrected chi connectivity index (χ0v) is 15.0. The zero-order valence-electron chi connectivity index (χ0n) is 15.0. The van der Waals surface area contributed by atoms with Crippen LogP contribution in [0.5, 0.6) is 5.75 Å². The van der Waals surface area contributed by atoms with Crippen molar-refractivity contribution >= 4 is 11.8 Å². The van der Waals surface area contributed by atoms with Crippen molar-refractivity contribution in [2.45, 2.75) is 26.4 Å². The Balaban J connectivity index is 1.85. The standard InChI is InChI=1S/C20H23FN2O3/c1-15(24)23(14-16-7-9-18(21)10-8-16)12-11-20(25)22-13-17-5-3-4-6-19(17)26-2/h3-10H,11-14H2,1-2H3,(H,22,25). The Morgan fingerprint density at radius 3 is 2.46 bits per heavy atom. The molecule has 1 N–H and O–H groups in total. The van der Waals surface area contributed by atoms with Gasteiger partial charge in [0, 0.05) is 38.5 Å². The van der Waals surface area contributed by atoms with E-state index in [1.165, 1.54) is 19.1 Å². The molecule has 2 aromatic rings. The van der Waals surface area contributed by atoms with Crippen LogP contribution >= 0.6 is 0 Å². The number of rotatable bonds is 8. The minimum Gasteiger partial charge on any atom is -0.496 e. The molecular formula is C20H23FN2O3. The fraction of sp³-hybridized carbons (Fsp3) is 0.300. The molecule has 138 valence electrons. The summed E-state index contributed by atoms with van der Waals surface area (Å²) in [5.74, 6) is 0.112. The van der Waals surface area contributed by atoms with Gasteiger partial charge in [0.25, 0.3) is 0 Å². The normalized spacial score (nSPS) is 10.3. The van der Waals surface area contributed by atoms with Crippen LogP contribution in [0.15, 0.2) is 48.5 Å². The van der Waals surface area contributed by atoms with Gasteiger partial charge in [0.05, 0.1) is 7.11 Å². The van der Waals surface area contributed by atoms with E-state index in [0.29, 0.717) is 19.6 Å². The van der Waals surface area contributed by atoms with Crippen LogP contribution in [0, 0.1) is 5.82 Å². The molecule has 0 radical (unpaired) electrons. The maximum Gasteiger partial charge on any atom is 0.222 e. The van der Waals surface area contributed by atoms with Crippen LogP contribution in [0.25, 0.3) is 0 Å². The second kappa shape index (κ2) is 9.56. The zero-order chi connectivity index (χ0) is 18.9. The summed E-state index contributed by atoms with van der Waals surface area (Å²) in [6.07, 6.45) is 0.190. The molecule has 0 heterocycles. The van der Waals surface area contributed by atoms with Crippen molar-refractivity contribution in [3.8, 4) is 5.75 Å². The molecule has 0 atom stereocenters. The number of amides is 2. The lowest BCUT2D eigenvalue weighted by Crippen LogP contribution is -2.33. The van der Waals surface area contributed by atoms with Crippen LogP contribution in [0.3, 0.4) is 0 Å². The highest BCUT2D eigenvalue weighted by Gasteiger charge is 2.12. The number of nitrogens with zero attached hydrogens (tertiary/aromatic N) is 1. The number of para-hydroxylation sites is 1. The summed E-state index contributed by atoms with van der Waals surface area (Å²) in [7, 11) is 1.58. The molecule has 0 aliphatic carbocycles. The number of ether oxygens (including phenoxy) is 1. The summed E-state index contributed by atoms with van der Waals surface area (Å²) >= 11 is 0. The Bertz CT molecular complexity index is 747. The van der Waals surface area contributed by atoms with Crippen molar-refractivity contribution in [2.75, 3.05) is 13.7 Å². The number of carbonyl (C=O) groups is 2. The van der Waals surface area contributed by atoms with Crippen molar-refractivity contribution in [2.24, 2.45) is 0 Å². The summed E-state index contributed by atoms with van der Waals surface area (Å²) < 4.78 is 18.2. The number of methoxy groups -OCH3 is 1. The first kappa shape index (κ1) is 19.4. The fourth-order valence-corrected chi connectivity index (χ4v) is 2.53. The Kier molecular flexibility index (Phi) is 7.14. The van der Waals surface area contributed by atoms with Gasteiger partial charge in [-0.05, 0) is 23.8 Å². The molecule has 2 amide bonds. The molecule has 2 aromatic carbocycles. The number of benzene rings is 2. The van der Waals surface area contributed by atoms with Gasteiger partial charge >= 0.3 is 0 Å². The average molecular weight is 358 g/mol. The lowest BCUT2D eigenvalue weighted by Gasteiger charge is -2.21. The van der Waals surface area contributed by atoms with E-state index < -0.39 is 0 Å². The van der Waals surface area contributed by atoms with Gasteiger partial charge in [-0.3, -0.25) is 9.59 Å². The maximum atomic E-state index is 13.0. The molecule has 0 aliphatic rings. The molecular weight excluding hydrogens is 335 g/mol. The highest BCUT2D eigenvalue weighted by Crippen LogP contribution is 2.16. The number of hydrogen-bond acceptors (Lipinski definition) is 3. The van der Waals surface area contributed by atoms with Gasteiger partial charge in [0.1, 0.15) is 11.6 Å². The largest absolute Gasteiger partial charge is 0.496 e. The summed E-state index contributed by atoms with van der Waals surface area (Å²) in [4.78, 5) is 25.5. The lowest BCUT2D eigenvalue weighted by molar-refractivity contribution is -0.130. The van der Waals surface area contributed by atoms with Crippen LogP contribution < -0.4 is 10.1 Å². The van der Waals surface area contributed by atoms with Crippen molar-refractivity contribution in [1.82, 2.24) is 10.2 Å². The Morgan fingerprint density at radius 2 is 1.81 bits per heavy atom. The van der Waals surface area contributed by atoms with Crippen molar-refractivity contribution in [3.63, 3.8) is 0 Å². The summed E-state index contributed by atoms with van der Waals surface area (Å²) in [5.41, 5.74) is 1.70. The minimum absolute atomic E-state index is 0.133. The molecule has 0 saturated carbocycles. The van der Waals surface area contributed by atoms with Gasteiger partial charge in [0.2, 0.25) is 11.8 Å². The van der Waals surface area contributed by atoms with Crippen molar-refractivity contribution in [1.29, 1.82) is 0 Å². The Morgan fingerprint density at radius 1 is 1.12 bits per heavy atom. The maximum absolute atomic E-state index is 13.0. The van der Waals surface area contributed by atoms with Gasteiger partial charge in [-0.25, -0.2) is 4.39 Å². The van der Waals surface area contributed by atoms with E-state index in [1.807, 2.05) is 24.3 Å². The third-order valence-electron chi connectivity index (χ3n) is 4.01. The van der Waals surface area contributed by atoms with E-state index in [1.54, 1.807) is 24.1 Å². The summed E-state index contributed by atoms with van der Waals surface area (Å²) in [5, 5.41) is 2.83. The minimum atomic E-state index is -0.321. The first-order chi connectivity index (χ1) is 12.5. The van der Waals surface area contributed by atoms with E-state index in [9.17, 15) is 14.0 Å². The second-order valence-corrected chi connectivity index (χ2v) is 5.91. The highest BCUT2D eigenvalue weighted by atomic mass is 19.1. The molecule has 0 bridgehead atoms. The van der Waals surface area contributed by atoms with Crippen LogP contribution in [0.2, 0.25) is 0 Å². The van der Waals surface area contributed by atoms with E-state index in [2.05, 4.69) is 5.32 Å². The second-order valence-electron chi connectivity index (χ2n) is 5.91. The number of carbonyl (C=O) groups excluding carboxylic acids is 2. The summed E-state index contributed by atoms with van der Waals surface area (Å²) in [6.45, 7) is 2.46. The first-order valence-electron chi connectivity index (χ1n) is 8.38. The molecule has 0 aliphatic heterocycles. The average Bonchev–Trinajstić information content (AvgIpc) is 2.64. The van der Waals surface area contributed by atoms with E-state index in [0.717, 1.165) is 16.9 Å². The van der Waals surface area contributed by atoms with Gasteiger partial charge in [-0.2, -0.15) is 0 Å². The van der Waals surface area contributed by atoms with Crippen molar-refractivity contribution in [3.05, 3.63) is 65.5 Å². The van der Waals surface area contributed by atoms with Crippen LogP contribution in [-0.4, -0.2) is 30.4 Å². The molecule has 5 nitrogen and oxygen atoms in total. The van der Waals surface area contributed by atoms with Crippen LogP contribution in [0.1, 0.15) is 24.5 Å². The molecule has 0 unspecified atom stereocenters. The highest BCUT2D eigenvalue weighted by molar-refractivity contribution is 5.78. The smallest absolute Gasteiger partial charge is 0.222 e. The number of hydrogen-bond donors (Lipinski definition) is 1. The van der Waals surface area contributed by atoms with Crippen molar-refractivity contribution < 1.29 is 18.7 Å². The molecule has 0 aromatic heterocycles. The monoisotopic (exact) mass is 358 g/mol. The lowest BCUT2D eigenvalue weighted by atomic mass is 10.2. The molecule has 6 heteroatoms. The van der Waals surface area contributed by atoms with E-state index in [-0.39, 0.29) is 24.1 Å². The number of halogens is 1. The molecule has 26 heavy (non-hydrogen) atoms. The van der Waals surface area contributed by atoms with Crippen LogP contribution in [-0.2, 0) is 22.7 Å². The topological polar surface area (TPSA) is 58.6 Å². The predicted octanol–water partition coefficient (Wildman–Crippen LogP) is 2.89. The molecule has 0 fully saturated rings. The van der Waals surface area contributed by atoms with Gasteiger partial charge in [0.15, 0.2) is 0 Å². The number of nitrogens with one attached hydrogen (secondary N) is 1. The predicted molar refractivity (Wildman–Crippen MR) is 96.9 cm³/mol. The quantitative estimate of drug-likeness (QED) is 0.789. The van der Waals surface area contributed by atoms with Crippen LogP contribution in [0.4, 0.5) is 4.39 Å². The SMILES string of the molecule is COc1ccccc1CNC(=O)CCN(Cc1ccc(F)cc1)C(C)=O. The first-order valence-corrected chi connectivity index (χ1v) is 8.38. The molecule has 0 spiro atoms. The van der Waals surface area contributed by atoms with Gasteiger partial charge < -0.3 is 15.0 Å². The Hall–Kier alpha value is -2.89. The summed E-state index contributed by atoms with van der Waals surface area (Å²) in [6, 6.07) is 13.4. The van der Waals surface area contributed by atoms with E-state index in [4.69, 9.17) is 4.74 Å². The van der Waals surface area contributed by atoms with Gasteiger partial charge in [-0.1, -0.05) is 30.3 Å². The molecule has 2 rings (SSSR count).